The van der Waals surface area contributed by atoms with Crippen molar-refractivity contribution in [3.63, 3.8) is 0 Å². The number of amidine groups is 1. The molecule has 5 N–H and O–H groups in total. The fourth-order valence-electron chi connectivity index (χ4n) is 3.54. The predicted octanol–water partition coefficient (Wildman–Crippen LogP) is 2.92. The number of nitrogens with zero attached hydrogens (tertiary/aromatic N) is 4. The minimum Gasteiger partial charge on any atom is -0.481 e. The van der Waals surface area contributed by atoms with E-state index in [1.807, 2.05) is 23.7 Å². The summed E-state index contributed by atoms with van der Waals surface area (Å²) in [6.45, 7) is 0.389. The van der Waals surface area contributed by atoms with Crippen LogP contribution >= 0.6 is 0 Å². The Morgan fingerprint density at radius 1 is 1.14 bits per heavy atom. The van der Waals surface area contributed by atoms with E-state index in [9.17, 15) is 9.59 Å². The molecular formula is C25H25N7O4. The number of hydroxylamine groups is 1. The average Bonchev–Trinajstić information content (AvgIpc) is 3.20. The number of nitrogen functional groups attached to an aromatic ring is 1. The topological polar surface area (TPSA) is 159 Å². The summed E-state index contributed by atoms with van der Waals surface area (Å²) in [5, 5.41) is 21.0. The number of carboxylic acid groups (broad SMARTS) is 1. The first-order valence-electron chi connectivity index (χ1n) is 11.1. The molecule has 0 aliphatic heterocycles. The molecule has 0 radical (unpaired) electrons. The molecule has 0 spiro atoms. The molecule has 0 amide bonds. The first-order chi connectivity index (χ1) is 17.3. The summed E-state index contributed by atoms with van der Waals surface area (Å²) in [6, 6.07) is 17.3. The molecule has 0 bridgehead atoms. The van der Waals surface area contributed by atoms with Gasteiger partial charge in [-0.3, -0.25) is 10.2 Å². The number of rotatable bonds is 10. The molecule has 0 fully saturated rings. The molecule has 0 unspecified atom stereocenters. The number of aromatic nitrogens is 3. The Labute approximate surface area is 206 Å². The van der Waals surface area contributed by atoms with Gasteiger partial charge in [-0.2, -0.15) is 5.06 Å². The van der Waals surface area contributed by atoms with Gasteiger partial charge in [0.15, 0.2) is 5.82 Å². The number of nitrogens with two attached hydrogens (primary N) is 1. The molecule has 2 aromatic carbocycles. The molecule has 2 aromatic heterocycles. The van der Waals surface area contributed by atoms with Crippen LogP contribution in [0.15, 0.2) is 66.9 Å². The summed E-state index contributed by atoms with van der Waals surface area (Å²) in [7, 11) is 1.89. The van der Waals surface area contributed by atoms with Crippen molar-refractivity contribution in [1.29, 1.82) is 5.41 Å². The highest BCUT2D eigenvalue weighted by Gasteiger charge is 2.18. The van der Waals surface area contributed by atoms with Crippen LogP contribution in [-0.2, 0) is 23.2 Å². The molecule has 0 atom stereocenters. The fraction of sp³-hybridized carbons (Fsp3) is 0.160. The summed E-state index contributed by atoms with van der Waals surface area (Å²) < 4.78 is 1.93. The number of fused-ring (bicyclic) bond motifs is 1. The zero-order valence-corrected chi connectivity index (χ0v) is 19.5. The van der Waals surface area contributed by atoms with Crippen LogP contribution < -0.4 is 16.1 Å². The molecule has 0 aliphatic carbocycles. The molecule has 2 heterocycles. The maximum absolute atomic E-state index is 12.9. The van der Waals surface area contributed by atoms with Crippen molar-refractivity contribution in [1.82, 2.24) is 14.5 Å². The van der Waals surface area contributed by atoms with Crippen molar-refractivity contribution in [3.8, 4) is 0 Å². The van der Waals surface area contributed by atoms with E-state index in [1.54, 1.807) is 48.5 Å². The smallest absolute Gasteiger partial charge is 0.363 e. The summed E-state index contributed by atoms with van der Waals surface area (Å²) >= 11 is 0. The zero-order chi connectivity index (χ0) is 25.7. The number of imidazole rings is 1. The second kappa shape index (κ2) is 10.6. The molecule has 0 aliphatic rings. The van der Waals surface area contributed by atoms with E-state index in [0.29, 0.717) is 23.4 Å². The van der Waals surface area contributed by atoms with Gasteiger partial charge in [-0.25, -0.2) is 14.8 Å². The van der Waals surface area contributed by atoms with Gasteiger partial charge in [-0.15, -0.1) is 0 Å². The van der Waals surface area contributed by atoms with Crippen molar-refractivity contribution >= 4 is 40.3 Å². The quantitative estimate of drug-likeness (QED) is 0.150. The number of carboxylic acids is 1. The van der Waals surface area contributed by atoms with E-state index in [0.717, 1.165) is 17.0 Å². The van der Waals surface area contributed by atoms with Crippen molar-refractivity contribution in [2.75, 3.05) is 16.9 Å². The standard InChI is InChI=1S/C25H25N7O4/c1-31-20-10-7-17(25(35)36-32(13-11-23(33)34)21-4-2-3-12-28-21)14-19(20)30-22(31)15-29-18-8-5-16(6-9-18)24(26)27/h2-10,12,14,29H,11,13,15H2,1H3,(H3,26,27)(H,33,34). The number of carbonyl (C=O) groups excluding carboxylic acids is 1. The first-order valence-corrected chi connectivity index (χ1v) is 11.1. The lowest BCUT2D eigenvalue weighted by molar-refractivity contribution is -0.137. The van der Waals surface area contributed by atoms with Gasteiger partial charge in [-0.05, 0) is 54.6 Å². The van der Waals surface area contributed by atoms with Gasteiger partial charge in [0.25, 0.3) is 0 Å². The van der Waals surface area contributed by atoms with Gasteiger partial charge in [-0.1, -0.05) is 6.07 Å². The van der Waals surface area contributed by atoms with E-state index in [4.69, 9.17) is 21.1 Å². The van der Waals surface area contributed by atoms with E-state index in [1.165, 1.54) is 11.3 Å². The van der Waals surface area contributed by atoms with E-state index in [-0.39, 0.29) is 24.4 Å². The highest BCUT2D eigenvalue weighted by atomic mass is 16.7. The second-order valence-electron chi connectivity index (χ2n) is 7.95. The fourth-order valence-corrected chi connectivity index (χ4v) is 3.54. The van der Waals surface area contributed by atoms with Gasteiger partial charge >= 0.3 is 11.9 Å². The molecule has 0 saturated heterocycles. The summed E-state index contributed by atoms with van der Waals surface area (Å²) in [5.41, 5.74) is 8.72. The minimum atomic E-state index is -1.02. The number of hydrogen-bond acceptors (Lipinski definition) is 8. The Kier molecular flexibility index (Phi) is 7.10. The third-order valence-electron chi connectivity index (χ3n) is 5.48. The van der Waals surface area contributed by atoms with Crippen molar-refractivity contribution in [3.05, 3.63) is 83.8 Å². The predicted molar refractivity (Wildman–Crippen MR) is 135 cm³/mol. The van der Waals surface area contributed by atoms with Gasteiger partial charge in [0.05, 0.1) is 36.1 Å². The number of benzene rings is 2. The van der Waals surface area contributed by atoms with Gasteiger partial charge in [0, 0.05) is 24.5 Å². The van der Waals surface area contributed by atoms with E-state index in [2.05, 4.69) is 15.3 Å². The Balaban J connectivity index is 1.49. The summed E-state index contributed by atoms with van der Waals surface area (Å²) in [4.78, 5) is 38.2. The number of hydrogen-bond donors (Lipinski definition) is 4. The minimum absolute atomic E-state index is 0.0104. The molecule has 4 aromatic rings. The third-order valence-corrected chi connectivity index (χ3v) is 5.48. The van der Waals surface area contributed by atoms with Crippen LogP contribution in [0.5, 0.6) is 0 Å². The number of aryl methyl sites for hydroxylation is 1. The Morgan fingerprint density at radius 2 is 1.89 bits per heavy atom. The normalized spacial score (nSPS) is 10.7. The molecule has 11 heteroatoms. The van der Waals surface area contributed by atoms with Crippen LogP contribution in [0.25, 0.3) is 11.0 Å². The lowest BCUT2D eigenvalue weighted by atomic mass is 10.2. The highest BCUT2D eigenvalue weighted by Crippen LogP contribution is 2.20. The third kappa shape index (κ3) is 5.58. The molecule has 184 valence electrons. The number of anilines is 2. The van der Waals surface area contributed by atoms with E-state index >= 15 is 0 Å². The number of nitrogens with one attached hydrogen (secondary N) is 2. The van der Waals surface area contributed by atoms with Crippen LogP contribution in [0.3, 0.4) is 0 Å². The molecule has 11 nitrogen and oxygen atoms in total. The van der Waals surface area contributed by atoms with Gasteiger partial charge < -0.3 is 25.6 Å². The Morgan fingerprint density at radius 3 is 2.56 bits per heavy atom. The largest absolute Gasteiger partial charge is 0.481 e. The number of pyridine rings is 1. The number of carbonyl (C=O) groups is 2. The first kappa shape index (κ1) is 24.2. The average molecular weight is 488 g/mol. The van der Waals surface area contributed by atoms with Gasteiger partial charge in [0.2, 0.25) is 0 Å². The van der Waals surface area contributed by atoms with Crippen LogP contribution in [0.4, 0.5) is 11.5 Å². The van der Waals surface area contributed by atoms with E-state index < -0.39 is 11.9 Å². The maximum atomic E-state index is 12.9. The van der Waals surface area contributed by atoms with Gasteiger partial charge in [0.1, 0.15) is 11.7 Å². The monoisotopic (exact) mass is 487 g/mol. The lowest BCUT2D eigenvalue weighted by Gasteiger charge is -2.21. The lowest BCUT2D eigenvalue weighted by Crippen LogP contribution is -2.30. The van der Waals surface area contributed by atoms with Crippen molar-refractivity contribution < 1.29 is 19.5 Å². The highest BCUT2D eigenvalue weighted by molar-refractivity contribution is 5.95. The Bertz CT molecular complexity index is 1400. The SMILES string of the molecule is Cn1c(CNc2ccc(C(=N)N)cc2)nc2cc(C(=O)ON(CCC(=O)O)c3ccccn3)ccc21. The van der Waals surface area contributed by atoms with Crippen LogP contribution in [0.1, 0.15) is 28.2 Å². The Hall–Kier alpha value is -4.93. The number of aliphatic carboxylic acids is 1. The molecule has 4 rings (SSSR count). The van der Waals surface area contributed by atoms with Crippen molar-refractivity contribution in [2.24, 2.45) is 12.8 Å². The molecule has 36 heavy (non-hydrogen) atoms. The zero-order valence-electron chi connectivity index (χ0n) is 19.5. The van der Waals surface area contributed by atoms with Crippen LogP contribution in [0, 0.1) is 5.41 Å². The van der Waals surface area contributed by atoms with Crippen LogP contribution in [-0.4, -0.2) is 44.0 Å². The molecule has 0 saturated carbocycles. The maximum Gasteiger partial charge on any atom is 0.363 e. The van der Waals surface area contributed by atoms with Crippen LogP contribution in [0.2, 0.25) is 0 Å². The molecular weight excluding hydrogens is 462 g/mol. The second-order valence-corrected chi connectivity index (χ2v) is 7.95. The summed E-state index contributed by atoms with van der Waals surface area (Å²) in [5.74, 6) is -0.573. The summed E-state index contributed by atoms with van der Waals surface area (Å²) in [6.07, 6.45) is 1.31. The van der Waals surface area contributed by atoms with Crippen molar-refractivity contribution in [2.45, 2.75) is 13.0 Å².